The van der Waals surface area contributed by atoms with Crippen LogP contribution in [0.5, 0.6) is 11.5 Å². The Morgan fingerprint density at radius 1 is 1.22 bits per heavy atom. The second-order valence-electron chi connectivity index (χ2n) is 3.24. The van der Waals surface area contributed by atoms with Gasteiger partial charge in [0, 0.05) is 25.3 Å². The van der Waals surface area contributed by atoms with E-state index in [1.165, 1.54) is 20.3 Å². The van der Waals surface area contributed by atoms with Crippen molar-refractivity contribution in [2.75, 3.05) is 20.4 Å². The first kappa shape index (κ1) is 18.1. The molecule has 1 radical (unpaired) electrons. The summed E-state index contributed by atoms with van der Waals surface area (Å²) >= 11 is 12.0. The van der Waals surface area contributed by atoms with Crippen LogP contribution in [0.25, 0.3) is 0 Å². The van der Waals surface area contributed by atoms with Crippen LogP contribution in [0.3, 0.4) is 0 Å². The maximum atomic E-state index is 12.0. The molecule has 1 aromatic rings. The molecule has 0 aliphatic heterocycles. The Labute approximate surface area is 131 Å². The minimum absolute atomic E-state index is 0. The van der Waals surface area contributed by atoms with Crippen molar-refractivity contribution < 1.29 is 14.3 Å². The zero-order chi connectivity index (χ0) is 13.0. The monoisotopic (exact) mass is 301 g/mol. The number of rotatable bonds is 5. The van der Waals surface area contributed by atoms with Gasteiger partial charge in [-0.2, -0.15) is 0 Å². The molecule has 7 heteroatoms. The summed E-state index contributed by atoms with van der Waals surface area (Å²) < 4.78 is 10.3. The Bertz CT molecular complexity index is 413. The van der Waals surface area contributed by atoms with E-state index in [0.29, 0.717) is 39.7 Å². The molecule has 0 aromatic heterocycles. The molecule has 0 saturated heterocycles. The van der Waals surface area contributed by atoms with E-state index in [2.05, 4.69) is 9.24 Å². The number of halogens is 2. The molecule has 1 rings (SSSR count). The second-order valence-corrected chi connectivity index (χ2v) is 4.64. The van der Waals surface area contributed by atoms with Crippen molar-refractivity contribution in [1.29, 1.82) is 0 Å². The van der Waals surface area contributed by atoms with Crippen LogP contribution >= 0.6 is 32.4 Å². The number of hydrogen-bond acceptors (Lipinski definition) is 3. The molecule has 0 bridgehead atoms. The zero-order valence-corrected chi connectivity index (χ0v) is 13.2. The molecule has 1 atom stereocenters. The average molecular weight is 302 g/mol. The second kappa shape index (κ2) is 8.30. The van der Waals surface area contributed by atoms with E-state index >= 15 is 0 Å². The van der Waals surface area contributed by atoms with Gasteiger partial charge in [0.05, 0.1) is 24.3 Å². The third-order valence-corrected chi connectivity index (χ3v) is 3.05. The fourth-order valence-electron chi connectivity index (χ4n) is 1.49. The molecule has 95 valence electrons. The quantitative estimate of drug-likeness (QED) is 0.476. The molecule has 18 heavy (non-hydrogen) atoms. The van der Waals surface area contributed by atoms with Crippen LogP contribution in [-0.4, -0.2) is 45.0 Å². The molecule has 0 saturated carbocycles. The molecular formula is C11H13Cl2LiO3P. The van der Waals surface area contributed by atoms with Crippen molar-refractivity contribution in [2.45, 2.75) is 6.42 Å². The molecule has 0 fully saturated rings. The van der Waals surface area contributed by atoms with Crippen molar-refractivity contribution in [1.82, 2.24) is 0 Å². The Kier molecular flexibility index (Phi) is 8.35. The molecule has 1 aromatic carbocycles. The topological polar surface area (TPSA) is 35.5 Å². The van der Waals surface area contributed by atoms with Crippen molar-refractivity contribution >= 4 is 57.1 Å². The summed E-state index contributed by atoms with van der Waals surface area (Å²) in [7, 11) is 5.39. The first-order valence-electron chi connectivity index (χ1n) is 4.90. The van der Waals surface area contributed by atoms with Crippen LogP contribution in [0.1, 0.15) is 16.8 Å². The van der Waals surface area contributed by atoms with Gasteiger partial charge in [0.1, 0.15) is 5.56 Å². The zero-order valence-electron chi connectivity index (χ0n) is 10.5. The summed E-state index contributed by atoms with van der Waals surface area (Å²) in [5, 5.41) is 0.593. The molecule has 0 aliphatic carbocycles. The van der Waals surface area contributed by atoms with Crippen LogP contribution in [0, 0.1) is 0 Å². The molecular weight excluding hydrogens is 289 g/mol. The van der Waals surface area contributed by atoms with E-state index in [9.17, 15) is 4.79 Å². The van der Waals surface area contributed by atoms with Crippen molar-refractivity contribution in [3.05, 3.63) is 21.7 Å². The van der Waals surface area contributed by atoms with Gasteiger partial charge in [0.25, 0.3) is 0 Å². The number of ketones is 1. The van der Waals surface area contributed by atoms with Gasteiger partial charge in [-0.05, 0) is 12.2 Å². The fourth-order valence-corrected chi connectivity index (χ4v) is 2.37. The first-order chi connectivity index (χ1) is 8.06. The van der Waals surface area contributed by atoms with Crippen molar-refractivity contribution in [2.24, 2.45) is 0 Å². The largest absolute Gasteiger partial charge is 0.494 e. The molecule has 3 nitrogen and oxygen atoms in total. The minimum Gasteiger partial charge on any atom is -0.494 e. The summed E-state index contributed by atoms with van der Waals surface area (Å²) in [5.41, 5.74) is 0.301. The Morgan fingerprint density at radius 3 is 2.00 bits per heavy atom. The third-order valence-electron chi connectivity index (χ3n) is 2.20. The summed E-state index contributed by atoms with van der Waals surface area (Å²) in [6.45, 7) is 0. The average Bonchev–Trinajstić information content (AvgIpc) is 2.28. The van der Waals surface area contributed by atoms with Gasteiger partial charge in [-0.3, -0.25) is 4.79 Å². The Balaban J connectivity index is 0.00000289. The molecule has 1 unspecified atom stereocenters. The van der Waals surface area contributed by atoms with Gasteiger partial charge < -0.3 is 9.47 Å². The predicted octanol–water partition coefficient (Wildman–Crippen LogP) is 3.08. The van der Waals surface area contributed by atoms with E-state index in [-0.39, 0.29) is 24.6 Å². The molecule has 0 heterocycles. The first-order valence-corrected chi connectivity index (χ1v) is 6.47. The number of Topliss-reactive ketones (excluding diaryl/α,β-unsaturated/α-hetero) is 1. The maximum Gasteiger partial charge on any atom is 0.170 e. The maximum absolute atomic E-state index is 12.0. The molecule has 0 aliphatic rings. The minimum atomic E-state index is -0.113. The smallest absolute Gasteiger partial charge is 0.170 e. The van der Waals surface area contributed by atoms with Crippen LogP contribution in [0.2, 0.25) is 10.0 Å². The Hall–Kier alpha value is 0.0974. The standard InChI is InChI=1S/C11H13Cl2O3P.Li/c1-15-10-6(12)5-7(13)11(16-2)9(10)8(14)3-4-17;/h5H,3-4,17H2,1-2H3;. The number of methoxy groups -OCH3 is 2. The van der Waals surface area contributed by atoms with Gasteiger partial charge in [-0.1, -0.05) is 23.2 Å². The van der Waals surface area contributed by atoms with Gasteiger partial charge in [0.15, 0.2) is 17.3 Å². The van der Waals surface area contributed by atoms with Gasteiger partial charge in [-0.25, -0.2) is 0 Å². The SMILES string of the molecule is COc1c(Cl)cc(Cl)c(OC)c1C(=O)CCP.[Li]. The summed E-state index contributed by atoms with van der Waals surface area (Å²) in [5.74, 6) is 0.492. The van der Waals surface area contributed by atoms with Gasteiger partial charge in [0.2, 0.25) is 0 Å². The normalized spacial score (nSPS) is 9.61. The van der Waals surface area contributed by atoms with Crippen LogP contribution in [-0.2, 0) is 0 Å². The number of ether oxygens (including phenoxy) is 2. The summed E-state index contributed by atoms with van der Waals surface area (Å²) in [6, 6.07) is 1.50. The van der Waals surface area contributed by atoms with Gasteiger partial charge >= 0.3 is 0 Å². The third kappa shape index (κ3) is 3.79. The number of hydrogen-bond donors (Lipinski definition) is 0. The molecule has 0 spiro atoms. The Morgan fingerprint density at radius 2 is 1.67 bits per heavy atom. The summed E-state index contributed by atoms with van der Waals surface area (Å²) in [4.78, 5) is 12.0. The van der Waals surface area contributed by atoms with Crippen molar-refractivity contribution in [3.8, 4) is 11.5 Å². The van der Waals surface area contributed by atoms with E-state index in [1.54, 1.807) is 0 Å². The van der Waals surface area contributed by atoms with E-state index < -0.39 is 0 Å². The van der Waals surface area contributed by atoms with Crippen molar-refractivity contribution in [3.63, 3.8) is 0 Å². The number of carbonyl (C=O) groups excluding carboxylic acids is 1. The number of benzene rings is 1. The molecule has 0 N–H and O–H groups in total. The van der Waals surface area contributed by atoms with E-state index in [4.69, 9.17) is 32.7 Å². The van der Waals surface area contributed by atoms with Gasteiger partial charge in [-0.15, -0.1) is 9.24 Å². The fraction of sp³-hybridized carbons (Fsp3) is 0.364. The van der Waals surface area contributed by atoms with Crippen LogP contribution in [0.15, 0.2) is 6.07 Å². The van der Waals surface area contributed by atoms with Crippen LogP contribution in [0.4, 0.5) is 0 Å². The predicted molar refractivity (Wildman–Crippen MR) is 78.8 cm³/mol. The summed E-state index contributed by atoms with van der Waals surface area (Å²) in [6.07, 6.45) is 1.00. The number of carbonyl (C=O) groups is 1. The van der Waals surface area contributed by atoms with E-state index in [0.717, 1.165) is 0 Å². The van der Waals surface area contributed by atoms with E-state index in [1.807, 2.05) is 0 Å². The van der Waals surface area contributed by atoms with Crippen LogP contribution < -0.4 is 9.47 Å². The molecule has 0 amide bonds.